The van der Waals surface area contributed by atoms with Gasteiger partial charge in [-0.15, -0.1) is 0 Å². The van der Waals surface area contributed by atoms with E-state index in [0.717, 1.165) is 43.6 Å². The monoisotopic (exact) mass is 876 g/mol. The van der Waals surface area contributed by atoms with Gasteiger partial charge in [0.05, 0.1) is 23.5 Å². The van der Waals surface area contributed by atoms with Crippen LogP contribution in [-0.2, 0) is 22.4 Å². The van der Waals surface area contributed by atoms with Crippen molar-refractivity contribution in [3.8, 4) is 0 Å². The summed E-state index contributed by atoms with van der Waals surface area (Å²) in [5.74, 6) is -5.35. The number of nitrogens with zero attached hydrogens (tertiary/aromatic N) is 7. The number of hydrogen-bond acceptors (Lipinski definition) is 9. The number of fused-ring (bicyclic) bond motifs is 2. The zero-order chi connectivity index (χ0) is 44.7. The zero-order valence-electron chi connectivity index (χ0n) is 35.7. The lowest BCUT2D eigenvalue weighted by molar-refractivity contribution is -0.136. The zero-order valence-corrected chi connectivity index (χ0v) is 35.7. The number of benzene rings is 2. The van der Waals surface area contributed by atoms with Gasteiger partial charge in [0.15, 0.2) is 12.0 Å². The molecule has 2 aromatic carbocycles. The van der Waals surface area contributed by atoms with Crippen LogP contribution in [0.5, 0.6) is 0 Å². The Morgan fingerprint density at radius 3 is 2.50 bits per heavy atom. The maximum atomic E-state index is 14.5. The molecule has 4 aliphatic heterocycles. The summed E-state index contributed by atoms with van der Waals surface area (Å²) < 4.78 is 30.8. The highest BCUT2D eigenvalue weighted by atomic mass is 19.3. The summed E-state index contributed by atoms with van der Waals surface area (Å²) in [6, 6.07) is 14.1. The van der Waals surface area contributed by atoms with Crippen molar-refractivity contribution >= 4 is 47.3 Å². The van der Waals surface area contributed by atoms with E-state index >= 15 is 0 Å². The van der Waals surface area contributed by atoms with E-state index in [1.807, 2.05) is 50.9 Å². The largest absolute Gasteiger partial charge is 0.371 e. The van der Waals surface area contributed by atoms with E-state index < -0.39 is 41.0 Å². The van der Waals surface area contributed by atoms with Crippen LogP contribution in [0.1, 0.15) is 93.1 Å². The Bertz CT molecular complexity index is 2560. The third-order valence-electron chi connectivity index (χ3n) is 15.2. The van der Waals surface area contributed by atoms with Crippen LogP contribution in [0.3, 0.4) is 0 Å². The number of rotatable bonds is 9. The SMILES string of the molecule is CN(C(=O)c1ccc(N2CCC3(CCN(C(=O)N4CC(C(c5ccccc5)n5cc(NC(=O)c6n[nH]c7c6CC6C(F)(F)C6(C)C7)cn5)C4)C3)CC2)cc1C=O)C1CCC(=O)NC1=O. The molecule has 2 aliphatic carbocycles. The number of alkyl halides is 2. The number of hydrogen-bond donors (Lipinski definition) is 3. The van der Waals surface area contributed by atoms with Crippen molar-refractivity contribution in [3.05, 3.63) is 94.6 Å². The smallest absolute Gasteiger partial charge is 0.320 e. The number of anilines is 2. The van der Waals surface area contributed by atoms with Crippen molar-refractivity contribution in [2.75, 3.05) is 56.5 Å². The summed E-state index contributed by atoms with van der Waals surface area (Å²) in [5.41, 5.74) is 2.86. The van der Waals surface area contributed by atoms with Crippen LogP contribution in [-0.4, -0.2) is 129 Å². The second-order valence-electron chi connectivity index (χ2n) is 18.9. The van der Waals surface area contributed by atoms with Crippen LogP contribution < -0.4 is 15.5 Å². The van der Waals surface area contributed by atoms with Crippen LogP contribution in [0.2, 0.25) is 0 Å². The topological polar surface area (TPSA) is 186 Å². The fourth-order valence-corrected chi connectivity index (χ4v) is 11.1. The number of aromatic nitrogens is 4. The minimum Gasteiger partial charge on any atom is -0.371 e. The fourth-order valence-electron chi connectivity index (χ4n) is 11.1. The van der Waals surface area contributed by atoms with Crippen LogP contribution in [0.4, 0.5) is 25.0 Å². The molecule has 18 heteroatoms. The number of likely N-dealkylation sites (tertiary alicyclic amines) is 2. The van der Waals surface area contributed by atoms with Gasteiger partial charge in [-0.1, -0.05) is 37.3 Å². The number of amides is 6. The molecular formula is C46H50F2N10O6. The van der Waals surface area contributed by atoms with Crippen LogP contribution in [0.15, 0.2) is 60.9 Å². The van der Waals surface area contributed by atoms with Gasteiger partial charge < -0.3 is 24.9 Å². The molecule has 6 amide bonds. The first-order valence-corrected chi connectivity index (χ1v) is 22.0. The molecule has 4 saturated heterocycles. The summed E-state index contributed by atoms with van der Waals surface area (Å²) in [6.07, 6.45) is 7.21. The van der Waals surface area contributed by atoms with E-state index in [1.54, 1.807) is 31.5 Å². The van der Waals surface area contributed by atoms with Gasteiger partial charge in [-0.3, -0.25) is 39.1 Å². The molecule has 1 spiro atoms. The molecule has 4 atom stereocenters. The van der Waals surface area contributed by atoms with E-state index in [2.05, 4.69) is 30.8 Å². The lowest BCUT2D eigenvalue weighted by Crippen LogP contribution is -2.57. The maximum absolute atomic E-state index is 14.5. The molecule has 3 N–H and O–H groups in total. The lowest BCUT2D eigenvalue weighted by Gasteiger charge is -2.45. The Morgan fingerprint density at radius 2 is 1.77 bits per heavy atom. The summed E-state index contributed by atoms with van der Waals surface area (Å²) >= 11 is 0. The number of H-pyrrole nitrogens is 1. The van der Waals surface area contributed by atoms with Crippen molar-refractivity contribution in [2.24, 2.45) is 22.7 Å². The molecule has 1 saturated carbocycles. The lowest BCUT2D eigenvalue weighted by atomic mass is 9.77. The number of halogens is 2. The fraction of sp³-hybridized carbons (Fsp3) is 0.478. The Hall–Kier alpha value is -6.46. The third-order valence-corrected chi connectivity index (χ3v) is 15.2. The quantitative estimate of drug-likeness (QED) is 0.160. The minimum absolute atomic E-state index is 0.0144. The average Bonchev–Trinajstić information content (AvgIpc) is 3.87. The molecular weight excluding hydrogens is 827 g/mol. The molecule has 2 aromatic heterocycles. The van der Waals surface area contributed by atoms with Gasteiger partial charge >= 0.3 is 6.03 Å². The van der Waals surface area contributed by atoms with Gasteiger partial charge in [0, 0.05) is 105 Å². The van der Waals surface area contributed by atoms with E-state index in [9.17, 15) is 37.5 Å². The standard InChI is InChI=1S/C46H50F2N10O6/c1-44-20-34-33(19-36(44)46(44,47)48)38(53-52-34)41(62)50-30-21-49-58(24-30)39(27-6-4-3-5-7-27)29-22-57(23-29)43(64)56-17-14-45(26-56)12-15-55(16-13-45)31-8-9-32(28(18-31)25-59)42(63)54(2)35-10-11-37(60)51-40(35)61/h3-9,18,21,24-25,29,35-36,39H,10-17,19-20,22-23,26H2,1-2H3,(H,50,62)(H,52,53)(H,51,60,61). The Balaban J connectivity index is 0.744. The van der Waals surface area contributed by atoms with Gasteiger partial charge in [0.25, 0.3) is 17.7 Å². The average molecular weight is 877 g/mol. The van der Waals surface area contributed by atoms with Crippen molar-refractivity contribution in [1.82, 2.24) is 40.0 Å². The van der Waals surface area contributed by atoms with E-state index in [0.29, 0.717) is 49.4 Å². The molecule has 6 heterocycles. The van der Waals surface area contributed by atoms with E-state index in [4.69, 9.17) is 0 Å². The number of piperidine rings is 2. The number of likely N-dealkylation sites (N-methyl/N-ethyl adjacent to an activating group) is 1. The highest BCUT2D eigenvalue weighted by Gasteiger charge is 2.78. The first-order chi connectivity index (χ1) is 30.7. The molecule has 0 radical (unpaired) electrons. The third kappa shape index (κ3) is 6.92. The molecule has 5 fully saturated rings. The molecule has 64 heavy (non-hydrogen) atoms. The minimum atomic E-state index is -2.76. The first kappa shape index (κ1) is 41.5. The summed E-state index contributed by atoms with van der Waals surface area (Å²) in [5, 5.41) is 16.8. The highest BCUT2D eigenvalue weighted by Crippen LogP contribution is 2.70. The number of nitrogens with one attached hydrogen (secondary N) is 3. The highest BCUT2D eigenvalue weighted by molar-refractivity contribution is 6.06. The molecule has 16 nitrogen and oxygen atoms in total. The summed E-state index contributed by atoms with van der Waals surface area (Å²) in [4.78, 5) is 84.3. The van der Waals surface area contributed by atoms with Gasteiger partial charge in [-0.2, -0.15) is 10.2 Å². The predicted octanol–water partition coefficient (Wildman–Crippen LogP) is 4.55. The molecule has 0 bridgehead atoms. The summed E-state index contributed by atoms with van der Waals surface area (Å²) in [7, 11) is 1.50. The number of carbonyl (C=O) groups is 6. The number of urea groups is 1. The predicted molar refractivity (Wildman–Crippen MR) is 228 cm³/mol. The second-order valence-corrected chi connectivity index (χ2v) is 18.9. The number of imide groups is 1. The van der Waals surface area contributed by atoms with E-state index in [-0.39, 0.29) is 71.8 Å². The molecule has 4 unspecified atom stereocenters. The summed E-state index contributed by atoms with van der Waals surface area (Å²) in [6.45, 7) is 5.42. The molecule has 6 aliphatic rings. The van der Waals surface area contributed by atoms with Crippen LogP contribution in [0.25, 0.3) is 0 Å². The van der Waals surface area contributed by atoms with Crippen molar-refractivity contribution < 1.29 is 37.5 Å². The van der Waals surface area contributed by atoms with Crippen LogP contribution >= 0.6 is 0 Å². The number of aromatic amines is 1. The van der Waals surface area contributed by atoms with Crippen molar-refractivity contribution in [3.63, 3.8) is 0 Å². The normalized spacial score (nSPS) is 24.9. The first-order valence-electron chi connectivity index (χ1n) is 22.0. The van der Waals surface area contributed by atoms with Gasteiger partial charge in [0.1, 0.15) is 6.04 Å². The second kappa shape index (κ2) is 15.4. The van der Waals surface area contributed by atoms with Gasteiger partial charge in [-0.05, 0) is 61.3 Å². The molecule has 10 rings (SSSR count). The Morgan fingerprint density at radius 1 is 1.02 bits per heavy atom. The van der Waals surface area contributed by atoms with Crippen molar-refractivity contribution in [2.45, 2.75) is 69.9 Å². The van der Waals surface area contributed by atoms with Crippen molar-refractivity contribution in [1.29, 1.82) is 0 Å². The Kier molecular flexibility index (Phi) is 9.97. The Labute approximate surface area is 367 Å². The van der Waals surface area contributed by atoms with Gasteiger partial charge in [-0.25, -0.2) is 13.6 Å². The van der Waals surface area contributed by atoms with Crippen LogP contribution in [0, 0.1) is 22.7 Å². The van der Waals surface area contributed by atoms with E-state index in [1.165, 1.54) is 11.9 Å². The number of carbonyl (C=O) groups excluding carboxylic acids is 6. The molecule has 4 aromatic rings. The van der Waals surface area contributed by atoms with Gasteiger partial charge in [0.2, 0.25) is 11.8 Å². The maximum Gasteiger partial charge on any atom is 0.320 e. The number of aldehydes is 1. The molecule has 334 valence electrons.